The zero-order valence-corrected chi connectivity index (χ0v) is 15.1. The van der Waals surface area contributed by atoms with E-state index < -0.39 is 11.6 Å². The van der Waals surface area contributed by atoms with E-state index in [1.165, 1.54) is 12.1 Å². The minimum Gasteiger partial charge on any atom is -0.350 e. The highest BCUT2D eigenvalue weighted by atomic mass is 35.5. The minimum absolute atomic E-state index is 0.0365. The first-order valence-electron chi connectivity index (χ1n) is 7.99. The standard InChI is InChI=1S/C18H17Cl2FN2O2/c1-11(24)22-8-5-13(6-9-22)23-7-4-12(10-23)18(25)16-14(19)2-3-15(20)17(16)21/h2-4,7,10,13H,5-6,8-9H2,1H3. The van der Waals surface area contributed by atoms with Crippen molar-refractivity contribution in [3.63, 3.8) is 0 Å². The van der Waals surface area contributed by atoms with Gasteiger partial charge in [0.25, 0.3) is 0 Å². The van der Waals surface area contributed by atoms with E-state index in [0.29, 0.717) is 18.7 Å². The topological polar surface area (TPSA) is 42.3 Å². The lowest BCUT2D eigenvalue weighted by Crippen LogP contribution is -2.37. The fourth-order valence-corrected chi connectivity index (χ4v) is 3.52. The maximum absolute atomic E-state index is 14.2. The average molecular weight is 383 g/mol. The number of hydrogen-bond donors (Lipinski definition) is 0. The smallest absolute Gasteiger partial charge is 0.219 e. The summed E-state index contributed by atoms with van der Waals surface area (Å²) in [5.74, 6) is -1.22. The molecule has 0 unspecified atom stereocenters. The Morgan fingerprint density at radius 2 is 1.76 bits per heavy atom. The summed E-state index contributed by atoms with van der Waals surface area (Å²) in [4.78, 5) is 25.8. The van der Waals surface area contributed by atoms with Crippen LogP contribution in [-0.2, 0) is 4.79 Å². The minimum atomic E-state index is -0.804. The van der Waals surface area contributed by atoms with Gasteiger partial charge in [0.15, 0.2) is 11.6 Å². The molecule has 1 aromatic carbocycles. The third kappa shape index (κ3) is 3.58. The molecule has 132 valence electrons. The molecule has 2 heterocycles. The second-order valence-corrected chi connectivity index (χ2v) is 6.95. The molecule has 0 atom stereocenters. The first-order chi connectivity index (χ1) is 11.9. The molecule has 7 heteroatoms. The Labute approximate surface area is 155 Å². The molecule has 1 saturated heterocycles. The number of carbonyl (C=O) groups is 2. The zero-order valence-electron chi connectivity index (χ0n) is 13.6. The van der Waals surface area contributed by atoms with Crippen molar-refractivity contribution in [1.29, 1.82) is 0 Å². The highest BCUT2D eigenvalue weighted by molar-refractivity contribution is 6.36. The monoisotopic (exact) mass is 382 g/mol. The van der Waals surface area contributed by atoms with Crippen LogP contribution in [0.2, 0.25) is 10.0 Å². The first-order valence-corrected chi connectivity index (χ1v) is 8.75. The van der Waals surface area contributed by atoms with Gasteiger partial charge < -0.3 is 9.47 Å². The highest BCUT2D eigenvalue weighted by Crippen LogP contribution is 2.29. The number of amides is 1. The molecule has 1 aliphatic rings. The van der Waals surface area contributed by atoms with E-state index >= 15 is 0 Å². The molecular weight excluding hydrogens is 366 g/mol. The molecule has 3 rings (SSSR count). The number of nitrogens with zero attached hydrogens (tertiary/aromatic N) is 2. The fourth-order valence-electron chi connectivity index (χ4n) is 3.13. The second kappa shape index (κ2) is 7.18. The number of likely N-dealkylation sites (tertiary alicyclic amines) is 1. The van der Waals surface area contributed by atoms with Gasteiger partial charge in [-0.25, -0.2) is 4.39 Å². The third-order valence-corrected chi connectivity index (χ3v) is 5.19. The predicted octanol–water partition coefficient (Wildman–Crippen LogP) is 4.35. The molecule has 2 aromatic rings. The van der Waals surface area contributed by atoms with E-state index in [4.69, 9.17) is 23.2 Å². The number of rotatable bonds is 3. The largest absolute Gasteiger partial charge is 0.350 e. The van der Waals surface area contributed by atoms with Crippen LogP contribution in [-0.4, -0.2) is 34.2 Å². The number of piperidine rings is 1. The van der Waals surface area contributed by atoms with Gasteiger partial charge in [-0.1, -0.05) is 23.2 Å². The number of halogens is 3. The van der Waals surface area contributed by atoms with Crippen LogP contribution >= 0.6 is 23.2 Å². The predicted molar refractivity (Wildman–Crippen MR) is 94.8 cm³/mol. The Kier molecular flexibility index (Phi) is 5.16. The van der Waals surface area contributed by atoms with Crippen molar-refractivity contribution < 1.29 is 14.0 Å². The lowest BCUT2D eigenvalue weighted by molar-refractivity contribution is -0.130. The fraction of sp³-hybridized carbons (Fsp3) is 0.333. The SMILES string of the molecule is CC(=O)N1CCC(n2ccc(C(=O)c3c(Cl)ccc(Cl)c3F)c2)CC1. The van der Waals surface area contributed by atoms with Gasteiger partial charge in [0.1, 0.15) is 0 Å². The Balaban J connectivity index is 1.80. The Morgan fingerprint density at radius 1 is 1.12 bits per heavy atom. The van der Waals surface area contributed by atoms with Crippen LogP contribution in [0.3, 0.4) is 0 Å². The van der Waals surface area contributed by atoms with Crippen LogP contribution in [0.1, 0.15) is 41.7 Å². The Morgan fingerprint density at radius 3 is 2.40 bits per heavy atom. The molecule has 0 radical (unpaired) electrons. The molecule has 0 spiro atoms. The summed E-state index contributed by atoms with van der Waals surface area (Å²) in [6.45, 7) is 2.95. The van der Waals surface area contributed by atoms with E-state index in [9.17, 15) is 14.0 Å². The van der Waals surface area contributed by atoms with Crippen molar-refractivity contribution in [2.75, 3.05) is 13.1 Å². The van der Waals surface area contributed by atoms with E-state index in [1.807, 2.05) is 9.47 Å². The van der Waals surface area contributed by atoms with Crippen molar-refractivity contribution in [2.45, 2.75) is 25.8 Å². The Hall–Kier alpha value is -1.85. The number of hydrogen-bond acceptors (Lipinski definition) is 2. The van der Waals surface area contributed by atoms with Crippen LogP contribution in [0.4, 0.5) is 4.39 Å². The van der Waals surface area contributed by atoms with Crippen LogP contribution in [0.5, 0.6) is 0 Å². The van der Waals surface area contributed by atoms with Gasteiger partial charge in [-0.3, -0.25) is 9.59 Å². The van der Waals surface area contributed by atoms with Crippen molar-refractivity contribution in [3.8, 4) is 0 Å². The van der Waals surface area contributed by atoms with Gasteiger partial charge in [-0.05, 0) is 31.0 Å². The normalized spacial score (nSPS) is 15.4. The van der Waals surface area contributed by atoms with Crippen molar-refractivity contribution in [2.24, 2.45) is 0 Å². The maximum Gasteiger partial charge on any atom is 0.219 e. The first kappa shape index (κ1) is 18.0. The lowest BCUT2D eigenvalue weighted by atomic mass is 10.0. The summed E-state index contributed by atoms with van der Waals surface area (Å²) in [5, 5.41) is -0.0989. The maximum atomic E-state index is 14.2. The molecule has 1 fully saturated rings. The van der Waals surface area contributed by atoms with Crippen LogP contribution in [0.15, 0.2) is 30.6 Å². The van der Waals surface area contributed by atoms with Crippen LogP contribution in [0, 0.1) is 5.82 Å². The van der Waals surface area contributed by atoms with Gasteiger partial charge in [-0.2, -0.15) is 0 Å². The molecule has 0 N–H and O–H groups in total. The van der Waals surface area contributed by atoms with Gasteiger partial charge >= 0.3 is 0 Å². The second-order valence-electron chi connectivity index (χ2n) is 6.13. The van der Waals surface area contributed by atoms with E-state index in [1.54, 1.807) is 25.4 Å². The number of aromatic nitrogens is 1. The summed E-state index contributed by atoms with van der Waals surface area (Å²) in [5.41, 5.74) is 0.148. The molecule has 0 saturated carbocycles. The average Bonchev–Trinajstić information content (AvgIpc) is 3.08. The van der Waals surface area contributed by atoms with Crippen molar-refractivity contribution >= 4 is 34.9 Å². The zero-order chi connectivity index (χ0) is 18.1. The van der Waals surface area contributed by atoms with Gasteiger partial charge in [0.2, 0.25) is 5.91 Å². The number of benzene rings is 1. The summed E-state index contributed by atoms with van der Waals surface area (Å²) in [7, 11) is 0. The quantitative estimate of drug-likeness (QED) is 0.584. The highest BCUT2D eigenvalue weighted by Gasteiger charge is 2.24. The lowest BCUT2D eigenvalue weighted by Gasteiger charge is -2.32. The number of ketones is 1. The number of carbonyl (C=O) groups excluding carboxylic acids is 2. The van der Waals surface area contributed by atoms with Gasteiger partial charge in [0.05, 0.1) is 15.6 Å². The van der Waals surface area contributed by atoms with Gasteiger partial charge in [0, 0.05) is 44.0 Å². The van der Waals surface area contributed by atoms with Crippen LogP contribution < -0.4 is 0 Å². The van der Waals surface area contributed by atoms with E-state index in [-0.39, 0.29) is 27.6 Å². The molecule has 1 aliphatic heterocycles. The molecular formula is C18H17Cl2FN2O2. The Bertz CT molecular complexity index is 826. The van der Waals surface area contributed by atoms with Gasteiger partial charge in [-0.15, -0.1) is 0 Å². The molecule has 1 amide bonds. The summed E-state index contributed by atoms with van der Waals surface area (Å²) >= 11 is 11.7. The molecule has 1 aromatic heterocycles. The van der Waals surface area contributed by atoms with Crippen molar-refractivity contribution in [1.82, 2.24) is 9.47 Å². The summed E-state index contributed by atoms with van der Waals surface area (Å²) in [6.07, 6.45) is 5.13. The van der Waals surface area contributed by atoms with E-state index in [0.717, 1.165) is 12.8 Å². The van der Waals surface area contributed by atoms with Crippen LogP contribution in [0.25, 0.3) is 0 Å². The molecule has 0 bridgehead atoms. The molecule has 4 nitrogen and oxygen atoms in total. The van der Waals surface area contributed by atoms with E-state index in [2.05, 4.69) is 0 Å². The third-order valence-electron chi connectivity index (χ3n) is 4.58. The summed E-state index contributed by atoms with van der Waals surface area (Å²) in [6, 6.07) is 4.59. The molecule has 25 heavy (non-hydrogen) atoms. The molecule has 0 aliphatic carbocycles. The van der Waals surface area contributed by atoms with Crippen molar-refractivity contribution in [3.05, 3.63) is 57.6 Å². The summed E-state index contributed by atoms with van der Waals surface area (Å²) < 4.78 is 16.1.